The summed E-state index contributed by atoms with van der Waals surface area (Å²) in [5, 5.41) is 4.71. The summed E-state index contributed by atoms with van der Waals surface area (Å²) in [6.45, 7) is 4.93. The Bertz CT molecular complexity index is 987. The lowest BCUT2D eigenvalue weighted by atomic mass is 9.94. The molecule has 158 valence electrons. The molecule has 2 aromatic carbocycles. The molecule has 6 heteroatoms. The van der Waals surface area contributed by atoms with Gasteiger partial charge in [0, 0.05) is 11.6 Å². The predicted octanol–water partition coefficient (Wildman–Crippen LogP) is 4.86. The van der Waals surface area contributed by atoms with Crippen LogP contribution in [0.5, 0.6) is 11.5 Å². The van der Waals surface area contributed by atoms with Crippen LogP contribution < -0.4 is 14.8 Å². The van der Waals surface area contributed by atoms with Crippen LogP contribution in [0.25, 0.3) is 16.8 Å². The van der Waals surface area contributed by atoms with Crippen LogP contribution in [0.2, 0.25) is 0 Å². The molecule has 6 nitrogen and oxygen atoms in total. The van der Waals surface area contributed by atoms with Gasteiger partial charge in [-0.1, -0.05) is 31.4 Å². The van der Waals surface area contributed by atoms with Gasteiger partial charge in [0.05, 0.1) is 13.2 Å². The van der Waals surface area contributed by atoms with Crippen LogP contribution in [0.3, 0.4) is 0 Å². The average molecular weight is 408 g/mol. The summed E-state index contributed by atoms with van der Waals surface area (Å²) in [7, 11) is 0. The van der Waals surface area contributed by atoms with E-state index in [0.717, 1.165) is 47.8 Å². The Hall–Kier alpha value is -3.02. The molecule has 1 saturated carbocycles. The molecule has 0 unspecified atom stereocenters. The number of ether oxygens (including phenoxy) is 2. The second-order valence-corrected chi connectivity index (χ2v) is 7.68. The van der Waals surface area contributed by atoms with Crippen LogP contribution in [0, 0.1) is 0 Å². The zero-order valence-corrected chi connectivity index (χ0v) is 17.6. The van der Waals surface area contributed by atoms with Crippen LogP contribution >= 0.6 is 0 Å². The molecule has 1 heterocycles. The summed E-state index contributed by atoms with van der Waals surface area (Å²) in [4.78, 5) is 27.1. The Balaban J connectivity index is 1.76. The third-order valence-corrected chi connectivity index (χ3v) is 5.74. The van der Waals surface area contributed by atoms with E-state index in [0.29, 0.717) is 24.7 Å². The van der Waals surface area contributed by atoms with Crippen molar-refractivity contribution in [1.29, 1.82) is 0 Å². The monoisotopic (exact) mass is 408 g/mol. The van der Waals surface area contributed by atoms with E-state index >= 15 is 0 Å². The Labute approximate surface area is 176 Å². The van der Waals surface area contributed by atoms with Crippen LogP contribution in [0.1, 0.15) is 51.5 Å². The van der Waals surface area contributed by atoms with Gasteiger partial charge in [0.2, 0.25) is 0 Å². The first-order valence-electron chi connectivity index (χ1n) is 10.8. The van der Waals surface area contributed by atoms with Gasteiger partial charge in [0.1, 0.15) is 17.2 Å². The molecule has 30 heavy (non-hydrogen) atoms. The van der Waals surface area contributed by atoms with E-state index in [1.807, 2.05) is 44.2 Å². The van der Waals surface area contributed by atoms with E-state index in [9.17, 15) is 9.59 Å². The quantitative estimate of drug-likeness (QED) is 0.547. The molecule has 0 atom stereocenters. The molecule has 0 radical (unpaired) electrons. The van der Waals surface area contributed by atoms with Gasteiger partial charge < -0.3 is 14.8 Å². The number of rotatable bonds is 6. The zero-order chi connectivity index (χ0) is 21.1. The topological polar surface area (TPSA) is 67.9 Å². The van der Waals surface area contributed by atoms with E-state index in [-0.39, 0.29) is 18.0 Å². The SMILES string of the molecule is CCOc1ccc2ccc(OCC)c(/C=C3\NC(=O)N(C4CCCCC4)C3=O)c2c1. The summed E-state index contributed by atoms with van der Waals surface area (Å²) >= 11 is 0. The van der Waals surface area contributed by atoms with Crippen LogP contribution in [-0.2, 0) is 4.79 Å². The Morgan fingerprint density at radius 3 is 2.50 bits per heavy atom. The highest BCUT2D eigenvalue weighted by Gasteiger charge is 2.39. The third kappa shape index (κ3) is 3.86. The van der Waals surface area contributed by atoms with Crippen molar-refractivity contribution in [2.75, 3.05) is 13.2 Å². The van der Waals surface area contributed by atoms with E-state index in [4.69, 9.17) is 9.47 Å². The smallest absolute Gasteiger partial charge is 0.329 e. The first-order valence-corrected chi connectivity index (χ1v) is 10.8. The molecular weight excluding hydrogens is 380 g/mol. The van der Waals surface area contributed by atoms with Crippen molar-refractivity contribution in [3.05, 3.63) is 41.6 Å². The third-order valence-electron chi connectivity index (χ3n) is 5.74. The standard InChI is InChI=1S/C24H28N2O4/c1-3-29-18-12-10-16-11-13-22(30-4-2)20(19(16)14-18)15-21-23(27)26(24(28)25-21)17-8-6-5-7-9-17/h10-15,17H,3-9H2,1-2H3,(H,25,28)/b21-15-. The first-order chi connectivity index (χ1) is 14.6. The maximum absolute atomic E-state index is 13.1. The summed E-state index contributed by atoms with van der Waals surface area (Å²) in [5.74, 6) is 1.17. The minimum atomic E-state index is -0.327. The Morgan fingerprint density at radius 2 is 1.77 bits per heavy atom. The molecule has 2 fully saturated rings. The number of nitrogens with zero attached hydrogens (tertiary/aromatic N) is 1. The molecular formula is C24H28N2O4. The lowest BCUT2D eigenvalue weighted by Gasteiger charge is -2.28. The van der Waals surface area contributed by atoms with E-state index in [2.05, 4.69) is 5.32 Å². The number of hydrogen-bond donors (Lipinski definition) is 1. The number of imide groups is 1. The van der Waals surface area contributed by atoms with Crippen molar-refractivity contribution in [3.8, 4) is 11.5 Å². The lowest BCUT2D eigenvalue weighted by molar-refractivity contribution is -0.124. The van der Waals surface area contributed by atoms with Gasteiger partial charge >= 0.3 is 6.03 Å². The summed E-state index contributed by atoms with van der Waals surface area (Å²) in [6.07, 6.45) is 6.77. The van der Waals surface area contributed by atoms with Crippen molar-refractivity contribution in [2.45, 2.75) is 52.0 Å². The lowest BCUT2D eigenvalue weighted by Crippen LogP contribution is -2.41. The van der Waals surface area contributed by atoms with Gasteiger partial charge in [-0.3, -0.25) is 9.69 Å². The van der Waals surface area contributed by atoms with Gasteiger partial charge in [0.15, 0.2) is 0 Å². The number of fused-ring (bicyclic) bond motifs is 1. The highest BCUT2D eigenvalue weighted by Crippen LogP contribution is 2.34. The number of carbonyl (C=O) groups is 2. The fourth-order valence-electron chi connectivity index (χ4n) is 4.35. The number of hydrogen-bond acceptors (Lipinski definition) is 4. The molecule has 3 amide bonds. The van der Waals surface area contributed by atoms with Gasteiger partial charge in [-0.15, -0.1) is 0 Å². The molecule has 2 aliphatic rings. The van der Waals surface area contributed by atoms with Crippen molar-refractivity contribution < 1.29 is 19.1 Å². The highest BCUT2D eigenvalue weighted by molar-refractivity contribution is 6.15. The van der Waals surface area contributed by atoms with Gasteiger partial charge in [0.25, 0.3) is 5.91 Å². The van der Waals surface area contributed by atoms with Gasteiger partial charge in [-0.2, -0.15) is 0 Å². The normalized spacial score (nSPS) is 18.9. The highest BCUT2D eigenvalue weighted by atomic mass is 16.5. The second-order valence-electron chi connectivity index (χ2n) is 7.68. The van der Waals surface area contributed by atoms with E-state index in [1.165, 1.54) is 11.3 Å². The van der Waals surface area contributed by atoms with Crippen molar-refractivity contribution >= 4 is 28.8 Å². The second kappa shape index (κ2) is 8.78. The minimum Gasteiger partial charge on any atom is -0.494 e. The van der Waals surface area contributed by atoms with Gasteiger partial charge in [-0.05, 0) is 61.7 Å². The molecule has 1 N–H and O–H groups in total. The molecule has 0 spiro atoms. The van der Waals surface area contributed by atoms with Crippen molar-refractivity contribution in [1.82, 2.24) is 10.2 Å². The van der Waals surface area contributed by atoms with E-state index in [1.54, 1.807) is 6.08 Å². The van der Waals surface area contributed by atoms with Crippen LogP contribution in [0.15, 0.2) is 36.0 Å². The molecule has 0 aromatic heterocycles. The molecule has 1 aliphatic heterocycles. The summed E-state index contributed by atoms with van der Waals surface area (Å²) in [6, 6.07) is 9.42. The first kappa shape index (κ1) is 20.3. The molecule has 0 bridgehead atoms. The number of carbonyl (C=O) groups excluding carboxylic acids is 2. The van der Waals surface area contributed by atoms with Crippen molar-refractivity contribution in [3.63, 3.8) is 0 Å². The maximum atomic E-state index is 13.1. The van der Waals surface area contributed by atoms with E-state index < -0.39 is 0 Å². The number of nitrogens with one attached hydrogen (secondary N) is 1. The predicted molar refractivity (Wildman–Crippen MR) is 117 cm³/mol. The van der Waals surface area contributed by atoms with Crippen molar-refractivity contribution in [2.24, 2.45) is 0 Å². The average Bonchev–Trinajstić information content (AvgIpc) is 3.03. The zero-order valence-electron chi connectivity index (χ0n) is 17.6. The Kier molecular flexibility index (Phi) is 5.93. The van der Waals surface area contributed by atoms with Crippen LogP contribution in [-0.4, -0.2) is 36.1 Å². The summed E-state index contributed by atoms with van der Waals surface area (Å²) < 4.78 is 11.5. The fraction of sp³-hybridized carbons (Fsp3) is 0.417. The molecule has 1 aliphatic carbocycles. The molecule has 4 rings (SSSR count). The number of amides is 3. The largest absolute Gasteiger partial charge is 0.494 e. The maximum Gasteiger partial charge on any atom is 0.329 e. The summed E-state index contributed by atoms with van der Waals surface area (Å²) in [5.41, 5.74) is 1.06. The molecule has 1 saturated heterocycles. The Morgan fingerprint density at radius 1 is 1.03 bits per heavy atom. The van der Waals surface area contributed by atoms with Crippen LogP contribution in [0.4, 0.5) is 4.79 Å². The number of benzene rings is 2. The minimum absolute atomic E-state index is 0.0133. The van der Waals surface area contributed by atoms with Gasteiger partial charge in [-0.25, -0.2) is 4.79 Å². The molecule has 2 aromatic rings. The fourth-order valence-corrected chi connectivity index (χ4v) is 4.35. The number of urea groups is 1.